The molecular formula is C15H24N2. The summed E-state index contributed by atoms with van der Waals surface area (Å²) in [6, 6.07) is 10.8. The second-order valence-electron chi connectivity index (χ2n) is 5.43. The number of rotatable bonds is 4. The molecule has 0 spiro atoms. The summed E-state index contributed by atoms with van der Waals surface area (Å²) in [5, 5.41) is 0. The van der Waals surface area contributed by atoms with Gasteiger partial charge in [-0.25, -0.2) is 0 Å². The van der Waals surface area contributed by atoms with Gasteiger partial charge >= 0.3 is 0 Å². The van der Waals surface area contributed by atoms with Crippen molar-refractivity contribution < 1.29 is 0 Å². The highest BCUT2D eigenvalue weighted by Gasteiger charge is 2.17. The van der Waals surface area contributed by atoms with Crippen LogP contribution in [0.4, 0.5) is 0 Å². The number of hydrogen-bond donors (Lipinski definition) is 1. The highest BCUT2D eigenvalue weighted by Crippen LogP contribution is 2.16. The van der Waals surface area contributed by atoms with Crippen molar-refractivity contribution in [3.8, 4) is 0 Å². The molecule has 2 N–H and O–H groups in total. The minimum Gasteiger partial charge on any atom is -0.326 e. The van der Waals surface area contributed by atoms with Crippen molar-refractivity contribution in [2.45, 2.75) is 32.2 Å². The first-order chi connectivity index (χ1) is 8.24. The molecule has 0 aromatic heterocycles. The first-order valence-corrected chi connectivity index (χ1v) is 6.76. The largest absolute Gasteiger partial charge is 0.326 e. The maximum Gasteiger partial charge on any atom is 0.0208 e. The summed E-state index contributed by atoms with van der Waals surface area (Å²) in [5.74, 6) is 0.900. The van der Waals surface area contributed by atoms with E-state index in [-0.39, 0.29) is 6.04 Å². The highest BCUT2D eigenvalue weighted by atomic mass is 15.1. The number of benzene rings is 1. The van der Waals surface area contributed by atoms with Crippen molar-refractivity contribution >= 4 is 0 Å². The van der Waals surface area contributed by atoms with Gasteiger partial charge in [0.2, 0.25) is 0 Å². The lowest BCUT2D eigenvalue weighted by Crippen LogP contribution is -2.42. The fourth-order valence-corrected chi connectivity index (χ4v) is 2.56. The number of nitrogens with two attached hydrogens (primary N) is 1. The van der Waals surface area contributed by atoms with Crippen LogP contribution in [-0.2, 0) is 6.42 Å². The second kappa shape index (κ2) is 6.18. The van der Waals surface area contributed by atoms with Gasteiger partial charge in [-0.15, -0.1) is 0 Å². The Balaban J connectivity index is 1.76. The van der Waals surface area contributed by atoms with E-state index in [0.717, 1.165) is 18.9 Å². The number of hydrogen-bond acceptors (Lipinski definition) is 2. The zero-order valence-electron chi connectivity index (χ0n) is 10.8. The highest BCUT2D eigenvalue weighted by molar-refractivity contribution is 5.15. The molecule has 0 aliphatic carbocycles. The summed E-state index contributed by atoms with van der Waals surface area (Å²) in [7, 11) is 0. The van der Waals surface area contributed by atoms with E-state index in [1.165, 1.54) is 31.5 Å². The summed E-state index contributed by atoms with van der Waals surface area (Å²) in [6.45, 7) is 5.84. The standard InChI is InChI=1S/C15H24N2/c1-13-7-9-17(10-8-13)12-15(16)11-14-5-3-2-4-6-14/h2-6,13,15H,7-12,16H2,1H3. The van der Waals surface area contributed by atoms with Crippen LogP contribution in [0.5, 0.6) is 0 Å². The average molecular weight is 232 g/mol. The van der Waals surface area contributed by atoms with E-state index in [9.17, 15) is 0 Å². The van der Waals surface area contributed by atoms with Crippen molar-refractivity contribution in [2.75, 3.05) is 19.6 Å². The maximum atomic E-state index is 6.23. The lowest BCUT2D eigenvalue weighted by molar-refractivity contribution is 0.182. The smallest absolute Gasteiger partial charge is 0.0208 e. The number of piperidine rings is 1. The fourth-order valence-electron chi connectivity index (χ4n) is 2.56. The topological polar surface area (TPSA) is 29.3 Å². The van der Waals surface area contributed by atoms with E-state index in [4.69, 9.17) is 5.73 Å². The van der Waals surface area contributed by atoms with Gasteiger partial charge in [0.1, 0.15) is 0 Å². The van der Waals surface area contributed by atoms with E-state index in [1.807, 2.05) is 0 Å². The Morgan fingerprint density at radius 2 is 1.88 bits per heavy atom. The van der Waals surface area contributed by atoms with Gasteiger partial charge in [0.25, 0.3) is 0 Å². The van der Waals surface area contributed by atoms with Crippen LogP contribution in [-0.4, -0.2) is 30.6 Å². The van der Waals surface area contributed by atoms with Crippen LogP contribution in [0, 0.1) is 5.92 Å². The van der Waals surface area contributed by atoms with Crippen LogP contribution in [0.15, 0.2) is 30.3 Å². The molecule has 0 radical (unpaired) electrons. The zero-order valence-corrected chi connectivity index (χ0v) is 10.8. The van der Waals surface area contributed by atoms with Gasteiger partial charge in [0.15, 0.2) is 0 Å². The van der Waals surface area contributed by atoms with Crippen molar-refractivity contribution in [3.05, 3.63) is 35.9 Å². The molecule has 2 rings (SSSR count). The van der Waals surface area contributed by atoms with E-state index in [1.54, 1.807) is 0 Å². The molecule has 1 fully saturated rings. The summed E-state index contributed by atoms with van der Waals surface area (Å²) < 4.78 is 0. The molecule has 0 amide bonds. The Labute approximate surface area is 105 Å². The fraction of sp³-hybridized carbons (Fsp3) is 0.600. The van der Waals surface area contributed by atoms with E-state index in [0.29, 0.717) is 0 Å². The third-order valence-electron chi connectivity index (χ3n) is 3.71. The predicted octanol–water partition coefficient (Wildman–Crippen LogP) is 2.29. The van der Waals surface area contributed by atoms with Crippen molar-refractivity contribution in [1.82, 2.24) is 4.90 Å². The number of likely N-dealkylation sites (tertiary alicyclic amines) is 1. The maximum absolute atomic E-state index is 6.23. The summed E-state index contributed by atoms with van der Waals surface area (Å²) in [4.78, 5) is 2.52. The van der Waals surface area contributed by atoms with Crippen molar-refractivity contribution in [2.24, 2.45) is 11.7 Å². The van der Waals surface area contributed by atoms with Gasteiger partial charge in [-0.05, 0) is 43.8 Å². The Morgan fingerprint density at radius 1 is 1.24 bits per heavy atom. The van der Waals surface area contributed by atoms with Crippen LogP contribution in [0.2, 0.25) is 0 Å². The second-order valence-corrected chi connectivity index (χ2v) is 5.43. The van der Waals surface area contributed by atoms with E-state index < -0.39 is 0 Å². The third-order valence-corrected chi connectivity index (χ3v) is 3.71. The third kappa shape index (κ3) is 4.14. The molecule has 94 valence electrons. The van der Waals surface area contributed by atoms with Gasteiger partial charge in [0, 0.05) is 12.6 Å². The van der Waals surface area contributed by atoms with Crippen molar-refractivity contribution in [1.29, 1.82) is 0 Å². The molecule has 17 heavy (non-hydrogen) atoms. The Morgan fingerprint density at radius 3 is 2.53 bits per heavy atom. The molecule has 0 saturated carbocycles. The van der Waals surface area contributed by atoms with Gasteiger partial charge in [0.05, 0.1) is 0 Å². The van der Waals surface area contributed by atoms with E-state index >= 15 is 0 Å². The molecule has 1 aromatic carbocycles. The minimum absolute atomic E-state index is 0.269. The zero-order chi connectivity index (χ0) is 12.1. The molecule has 1 aromatic rings. The van der Waals surface area contributed by atoms with Crippen LogP contribution in [0.25, 0.3) is 0 Å². The molecule has 1 aliphatic heterocycles. The van der Waals surface area contributed by atoms with Gasteiger partial charge in [-0.3, -0.25) is 0 Å². The van der Waals surface area contributed by atoms with Gasteiger partial charge in [-0.2, -0.15) is 0 Å². The summed E-state index contributed by atoms with van der Waals surface area (Å²) >= 11 is 0. The molecule has 1 unspecified atom stereocenters. The lowest BCUT2D eigenvalue weighted by Gasteiger charge is -2.32. The Hall–Kier alpha value is -0.860. The van der Waals surface area contributed by atoms with Crippen molar-refractivity contribution in [3.63, 3.8) is 0 Å². The molecule has 2 heteroatoms. The SMILES string of the molecule is CC1CCN(CC(N)Cc2ccccc2)CC1. The summed E-state index contributed by atoms with van der Waals surface area (Å²) in [5.41, 5.74) is 7.58. The van der Waals surface area contributed by atoms with Gasteiger partial charge in [-0.1, -0.05) is 37.3 Å². The van der Waals surface area contributed by atoms with Gasteiger partial charge < -0.3 is 10.6 Å². The quantitative estimate of drug-likeness (QED) is 0.863. The van der Waals surface area contributed by atoms with Crippen LogP contribution in [0.1, 0.15) is 25.3 Å². The molecule has 1 heterocycles. The molecule has 1 saturated heterocycles. The minimum atomic E-state index is 0.269. The average Bonchev–Trinajstić information content (AvgIpc) is 2.33. The monoisotopic (exact) mass is 232 g/mol. The normalized spacial score (nSPS) is 20.4. The van der Waals surface area contributed by atoms with Crippen LogP contribution >= 0.6 is 0 Å². The first kappa shape index (κ1) is 12.6. The van der Waals surface area contributed by atoms with Crippen LogP contribution in [0.3, 0.4) is 0 Å². The molecule has 0 bridgehead atoms. The molecular weight excluding hydrogens is 208 g/mol. The molecule has 1 aliphatic rings. The summed E-state index contributed by atoms with van der Waals surface area (Å²) in [6.07, 6.45) is 3.66. The molecule has 2 nitrogen and oxygen atoms in total. The Kier molecular flexibility index (Phi) is 4.57. The lowest BCUT2D eigenvalue weighted by atomic mass is 9.98. The number of nitrogens with zero attached hydrogens (tertiary/aromatic N) is 1. The first-order valence-electron chi connectivity index (χ1n) is 6.76. The predicted molar refractivity (Wildman–Crippen MR) is 73.0 cm³/mol. The van der Waals surface area contributed by atoms with E-state index in [2.05, 4.69) is 42.2 Å². The van der Waals surface area contributed by atoms with Crippen LogP contribution < -0.4 is 5.73 Å². The Bertz CT molecular complexity index is 315. The molecule has 1 atom stereocenters.